The van der Waals surface area contributed by atoms with Crippen molar-refractivity contribution in [3.63, 3.8) is 0 Å². The molecule has 0 saturated carbocycles. The molecule has 1 N–H and O–H groups in total. The smallest absolute Gasteiger partial charge is 0.310 e. The highest BCUT2D eigenvalue weighted by molar-refractivity contribution is 7.89. The van der Waals surface area contributed by atoms with Crippen molar-refractivity contribution in [3.05, 3.63) is 29.0 Å². The number of ether oxygens (including phenoxy) is 1. The molecule has 1 aliphatic heterocycles. The van der Waals surface area contributed by atoms with E-state index in [2.05, 4.69) is 0 Å². The van der Waals surface area contributed by atoms with Crippen molar-refractivity contribution >= 4 is 27.6 Å². The fourth-order valence-electron chi connectivity index (χ4n) is 2.16. The van der Waals surface area contributed by atoms with Crippen LogP contribution in [-0.2, 0) is 19.6 Å². The van der Waals surface area contributed by atoms with Gasteiger partial charge in [0.05, 0.1) is 25.2 Å². The minimum atomic E-state index is -4.18. The van der Waals surface area contributed by atoms with Gasteiger partial charge in [-0.25, -0.2) is 12.8 Å². The third-order valence-electron chi connectivity index (χ3n) is 3.39. The molecular formula is C12H13ClFNO5S. The Hall–Kier alpha value is -1.22. The first kappa shape index (κ1) is 16.2. The number of sulfonamides is 1. The van der Waals surface area contributed by atoms with Gasteiger partial charge in [-0.05, 0) is 18.2 Å². The van der Waals surface area contributed by atoms with E-state index in [1.807, 2.05) is 0 Å². The zero-order valence-electron chi connectivity index (χ0n) is 11.0. The molecule has 2 rings (SSSR count). The second-order valence-electron chi connectivity index (χ2n) is 4.65. The summed E-state index contributed by atoms with van der Waals surface area (Å²) in [7, 11) is -2.97. The molecule has 2 atom stereocenters. The summed E-state index contributed by atoms with van der Waals surface area (Å²) in [4.78, 5) is 10.5. The maximum absolute atomic E-state index is 13.8. The van der Waals surface area contributed by atoms with Crippen molar-refractivity contribution < 1.29 is 27.4 Å². The van der Waals surface area contributed by atoms with E-state index in [9.17, 15) is 17.6 Å². The Morgan fingerprint density at radius 2 is 2.14 bits per heavy atom. The summed E-state index contributed by atoms with van der Waals surface area (Å²) in [6.45, 7) is -0.134. The molecule has 1 aromatic carbocycles. The van der Waals surface area contributed by atoms with Crippen molar-refractivity contribution in [2.45, 2.75) is 10.9 Å². The Morgan fingerprint density at radius 1 is 1.48 bits per heavy atom. The van der Waals surface area contributed by atoms with E-state index >= 15 is 0 Å². The predicted octanol–water partition coefficient (Wildman–Crippen LogP) is 1.20. The molecule has 0 amide bonds. The van der Waals surface area contributed by atoms with Gasteiger partial charge >= 0.3 is 5.97 Å². The standard InChI is InChI=1S/C12H13ClFNO5S/c1-15(10-6-20-5-8(10)12(16)17)21(18,19)11-3-2-7(13)4-9(11)14/h2-4,8,10H,5-6H2,1H3,(H,16,17). The summed E-state index contributed by atoms with van der Waals surface area (Å²) in [6.07, 6.45) is 0. The van der Waals surface area contributed by atoms with Crippen molar-refractivity contribution in [3.8, 4) is 0 Å². The fraction of sp³-hybridized carbons (Fsp3) is 0.417. The molecule has 116 valence electrons. The number of carbonyl (C=O) groups is 1. The van der Waals surface area contributed by atoms with Crippen LogP contribution in [0.25, 0.3) is 0 Å². The number of nitrogens with zero attached hydrogens (tertiary/aromatic N) is 1. The molecule has 1 saturated heterocycles. The van der Waals surface area contributed by atoms with Crippen LogP contribution in [0.3, 0.4) is 0 Å². The van der Waals surface area contributed by atoms with E-state index in [0.717, 1.165) is 16.4 Å². The molecule has 0 aliphatic carbocycles. The summed E-state index contributed by atoms with van der Waals surface area (Å²) >= 11 is 5.59. The Labute approximate surface area is 126 Å². The lowest BCUT2D eigenvalue weighted by molar-refractivity contribution is -0.142. The number of carboxylic acids is 1. The highest BCUT2D eigenvalue weighted by atomic mass is 35.5. The van der Waals surface area contributed by atoms with E-state index < -0.39 is 38.7 Å². The molecule has 0 aromatic heterocycles. The molecule has 1 heterocycles. The van der Waals surface area contributed by atoms with Crippen LogP contribution in [0.15, 0.2) is 23.1 Å². The molecule has 1 fully saturated rings. The first-order valence-electron chi connectivity index (χ1n) is 5.99. The van der Waals surface area contributed by atoms with Gasteiger partial charge in [0.2, 0.25) is 10.0 Å². The summed E-state index contributed by atoms with van der Waals surface area (Å²) < 4.78 is 44.5. The van der Waals surface area contributed by atoms with Gasteiger partial charge in [-0.2, -0.15) is 4.31 Å². The first-order chi connectivity index (χ1) is 9.75. The first-order valence-corrected chi connectivity index (χ1v) is 7.80. The van der Waals surface area contributed by atoms with Crippen LogP contribution in [0.2, 0.25) is 5.02 Å². The molecule has 1 aliphatic rings. The summed E-state index contributed by atoms with van der Waals surface area (Å²) in [5, 5.41) is 9.14. The molecule has 0 spiro atoms. The van der Waals surface area contributed by atoms with Crippen LogP contribution in [0.5, 0.6) is 0 Å². The Morgan fingerprint density at radius 3 is 2.71 bits per heavy atom. The van der Waals surface area contributed by atoms with Crippen LogP contribution < -0.4 is 0 Å². The maximum Gasteiger partial charge on any atom is 0.310 e. The number of hydrogen-bond donors (Lipinski definition) is 1. The summed E-state index contributed by atoms with van der Waals surface area (Å²) in [6, 6.07) is 2.31. The third kappa shape index (κ3) is 3.03. The molecular weight excluding hydrogens is 325 g/mol. The minimum Gasteiger partial charge on any atom is -0.481 e. The number of likely N-dealkylation sites (N-methyl/N-ethyl adjacent to an activating group) is 1. The van der Waals surface area contributed by atoms with E-state index in [4.69, 9.17) is 21.4 Å². The van der Waals surface area contributed by atoms with E-state index in [-0.39, 0.29) is 18.2 Å². The number of rotatable bonds is 4. The van der Waals surface area contributed by atoms with Gasteiger partial charge in [0, 0.05) is 12.1 Å². The lowest BCUT2D eigenvalue weighted by Gasteiger charge is -2.25. The van der Waals surface area contributed by atoms with Gasteiger partial charge in [-0.3, -0.25) is 4.79 Å². The van der Waals surface area contributed by atoms with Gasteiger partial charge in [-0.15, -0.1) is 0 Å². The summed E-state index contributed by atoms with van der Waals surface area (Å²) in [5.74, 6) is -3.13. The van der Waals surface area contributed by atoms with Gasteiger partial charge < -0.3 is 9.84 Å². The van der Waals surface area contributed by atoms with E-state index in [0.29, 0.717) is 0 Å². The average molecular weight is 338 g/mol. The maximum atomic E-state index is 13.8. The molecule has 0 radical (unpaired) electrons. The number of carboxylic acid groups (broad SMARTS) is 1. The minimum absolute atomic E-state index is 0.0537. The number of aliphatic carboxylic acids is 1. The van der Waals surface area contributed by atoms with Crippen LogP contribution in [-0.4, -0.2) is 50.1 Å². The normalized spacial score (nSPS) is 22.7. The number of benzene rings is 1. The van der Waals surface area contributed by atoms with Gasteiger partial charge in [0.25, 0.3) is 0 Å². The Kier molecular flexibility index (Phi) is 4.52. The zero-order chi connectivity index (χ0) is 15.8. The van der Waals surface area contributed by atoms with E-state index in [1.54, 1.807) is 0 Å². The van der Waals surface area contributed by atoms with Crippen molar-refractivity contribution in [1.82, 2.24) is 4.31 Å². The second kappa shape index (κ2) is 5.88. The monoisotopic (exact) mass is 337 g/mol. The zero-order valence-corrected chi connectivity index (χ0v) is 12.6. The van der Waals surface area contributed by atoms with Crippen LogP contribution in [0.1, 0.15) is 0 Å². The number of halogens is 2. The van der Waals surface area contributed by atoms with Gasteiger partial charge in [0.15, 0.2) is 0 Å². The number of hydrogen-bond acceptors (Lipinski definition) is 4. The molecule has 9 heteroatoms. The predicted molar refractivity (Wildman–Crippen MR) is 72.1 cm³/mol. The third-order valence-corrected chi connectivity index (χ3v) is 5.54. The quantitative estimate of drug-likeness (QED) is 0.892. The van der Waals surface area contributed by atoms with Gasteiger partial charge in [0.1, 0.15) is 10.7 Å². The second-order valence-corrected chi connectivity index (χ2v) is 7.05. The highest BCUT2D eigenvalue weighted by Gasteiger charge is 2.42. The summed E-state index contributed by atoms with van der Waals surface area (Å²) in [5.41, 5.74) is 0. The molecule has 6 nitrogen and oxygen atoms in total. The lowest BCUT2D eigenvalue weighted by Crippen LogP contribution is -2.44. The average Bonchev–Trinajstić information content (AvgIpc) is 2.86. The van der Waals surface area contributed by atoms with E-state index in [1.165, 1.54) is 13.1 Å². The molecule has 0 bridgehead atoms. The Bertz CT molecular complexity index is 666. The molecule has 21 heavy (non-hydrogen) atoms. The molecule has 2 unspecified atom stereocenters. The van der Waals surface area contributed by atoms with Crippen LogP contribution >= 0.6 is 11.6 Å². The van der Waals surface area contributed by atoms with Crippen LogP contribution in [0.4, 0.5) is 4.39 Å². The lowest BCUT2D eigenvalue weighted by atomic mass is 10.1. The largest absolute Gasteiger partial charge is 0.481 e. The van der Waals surface area contributed by atoms with Gasteiger partial charge in [-0.1, -0.05) is 11.6 Å². The van der Waals surface area contributed by atoms with Crippen molar-refractivity contribution in [2.24, 2.45) is 5.92 Å². The van der Waals surface area contributed by atoms with Crippen molar-refractivity contribution in [1.29, 1.82) is 0 Å². The highest BCUT2D eigenvalue weighted by Crippen LogP contribution is 2.27. The SMILES string of the molecule is CN(C1COCC1C(=O)O)S(=O)(=O)c1ccc(Cl)cc1F. The van der Waals surface area contributed by atoms with Crippen LogP contribution in [0, 0.1) is 11.7 Å². The molecule has 1 aromatic rings. The van der Waals surface area contributed by atoms with Crippen molar-refractivity contribution in [2.75, 3.05) is 20.3 Å². The Balaban J connectivity index is 2.37. The fourth-order valence-corrected chi connectivity index (χ4v) is 3.73. The topological polar surface area (TPSA) is 83.9 Å².